The fraction of sp³-hybridized carbons (Fsp3) is 0.480. The van der Waals surface area contributed by atoms with Crippen LogP contribution in [0.4, 0.5) is 19.0 Å². The first-order valence-corrected chi connectivity index (χ1v) is 14.6. The van der Waals surface area contributed by atoms with Crippen molar-refractivity contribution in [3.05, 3.63) is 51.3 Å². The summed E-state index contributed by atoms with van der Waals surface area (Å²) in [6, 6.07) is 2.66. The van der Waals surface area contributed by atoms with Crippen molar-refractivity contribution < 1.29 is 41.4 Å². The molecule has 2 heterocycles. The standard InChI is InChI=1S/C13H10ClF2NO2S2.C8H15NO.C2H4O2.C2H6.FHO/c1-2-17(12-7-9(15)3-5-11(12)16)21(18,19)10-4-6-13(14)20-8-10;10-7-4-8-2-1-5-9-6-3-8;1-4-2-3;2*1-2/h3-7H,2H2,1H3;7-9H,1-6H2;2H,1H3;1-2H3;2H. The van der Waals surface area contributed by atoms with Crippen molar-refractivity contribution in [1.82, 2.24) is 5.32 Å². The molecule has 1 fully saturated rings. The molecule has 39 heavy (non-hydrogen) atoms. The molecule has 1 aromatic rings. The van der Waals surface area contributed by atoms with Gasteiger partial charge in [-0.2, -0.15) is 0 Å². The number of carbonyl (C=O) groups is 2. The summed E-state index contributed by atoms with van der Waals surface area (Å²) in [6.07, 6.45) is 8.14. The number of hydrogen-bond donors (Lipinski definition) is 2. The van der Waals surface area contributed by atoms with Gasteiger partial charge in [0.05, 0.1) is 12.8 Å². The molecular formula is C25H36ClF3N2O6S2. The second-order valence-corrected chi connectivity index (χ2v) is 10.6. The van der Waals surface area contributed by atoms with E-state index in [-0.39, 0.29) is 17.1 Å². The number of nitrogens with zero attached hydrogens (tertiary/aromatic N) is 1. The maximum Gasteiger partial charge on any atom is 0.292 e. The summed E-state index contributed by atoms with van der Waals surface area (Å²) < 4.78 is 65.6. The second kappa shape index (κ2) is 23.5. The average Bonchev–Trinajstić information content (AvgIpc) is 3.23. The van der Waals surface area contributed by atoms with E-state index in [2.05, 4.69) is 15.2 Å². The van der Waals surface area contributed by atoms with E-state index in [4.69, 9.17) is 26.2 Å². The highest BCUT2D eigenvalue weighted by Gasteiger charge is 2.28. The van der Waals surface area contributed by atoms with Gasteiger partial charge >= 0.3 is 0 Å². The van der Waals surface area contributed by atoms with Gasteiger partial charge in [-0.3, -0.25) is 9.10 Å². The van der Waals surface area contributed by atoms with Gasteiger partial charge in [0.2, 0.25) is 0 Å². The SMILES string of the molecule is CC.CCN(c1cc(F)ccc1F)S(=O)(=O)C1=CC=C(Cl)S#C1.COC=O.O=CCC1CCCNCC1.OF. The monoisotopic (exact) mass is 616 g/mol. The molecule has 0 saturated carbocycles. The minimum atomic E-state index is -4.04. The van der Waals surface area contributed by atoms with Gasteiger partial charge in [-0.1, -0.05) is 41.1 Å². The van der Waals surface area contributed by atoms with Gasteiger partial charge < -0.3 is 14.8 Å². The average molecular weight is 617 g/mol. The van der Waals surface area contributed by atoms with Gasteiger partial charge in [0.15, 0.2) is 0 Å². The molecule has 8 nitrogen and oxygen atoms in total. The molecule has 0 bridgehead atoms. The lowest BCUT2D eigenvalue weighted by Gasteiger charge is -2.23. The third-order valence-corrected chi connectivity index (χ3v) is 7.84. The lowest BCUT2D eigenvalue weighted by molar-refractivity contribution is -0.126. The Morgan fingerprint density at radius 2 is 1.85 bits per heavy atom. The van der Waals surface area contributed by atoms with Crippen LogP contribution in [-0.2, 0) is 24.3 Å². The summed E-state index contributed by atoms with van der Waals surface area (Å²) in [7, 11) is -2.72. The molecule has 2 aliphatic heterocycles. The van der Waals surface area contributed by atoms with Crippen LogP contribution in [0.25, 0.3) is 0 Å². The van der Waals surface area contributed by atoms with Gasteiger partial charge in [-0.05, 0) is 74.7 Å². The smallest absolute Gasteiger partial charge is 0.292 e. The Labute approximate surface area is 237 Å². The van der Waals surface area contributed by atoms with E-state index in [0.717, 1.165) is 59.5 Å². The number of carbonyl (C=O) groups excluding carboxylic acids is 2. The maximum absolute atomic E-state index is 13.8. The number of methoxy groups -OCH3 is 1. The fourth-order valence-corrected chi connectivity index (χ4v) is 5.52. The molecule has 2 N–H and O–H groups in total. The van der Waals surface area contributed by atoms with Crippen LogP contribution in [0, 0.1) is 22.7 Å². The van der Waals surface area contributed by atoms with Gasteiger partial charge in [-0.15, -0.1) is 0 Å². The van der Waals surface area contributed by atoms with E-state index in [1.54, 1.807) is 0 Å². The van der Waals surface area contributed by atoms with E-state index in [1.807, 2.05) is 13.8 Å². The first-order chi connectivity index (χ1) is 18.7. The summed E-state index contributed by atoms with van der Waals surface area (Å²) >= 11 is 6.63. The zero-order valence-electron chi connectivity index (χ0n) is 22.3. The van der Waals surface area contributed by atoms with E-state index < -0.39 is 21.7 Å². The Morgan fingerprint density at radius 3 is 2.36 bits per heavy atom. The number of sulfonamides is 1. The Balaban J connectivity index is 0. The first kappa shape index (κ1) is 38.7. The van der Waals surface area contributed by atoms with E-state index in [0.29, 0.717) is 16.8 Å². The molecule has 222 valence electrons. The van der Waals surface area contributed by atoms with Crippen molar-refractivity contribution in [2.24, 2.45) is 5.92 Å². The minimum Gasteiger partial charge on any atom is -0.471 e. The number of ether oxygens (including phenoxy) is 1. The summed E-state index contributed by atoms with van der Waals surface area (Å²) in [5.41, 5.74) is -0.342. The van der Waals surface area contributed by atoms with Crippen LogP contribution in [0.5, 0.6) is 0 Å². The predicted octanol–water partition coefficient (Wildman–Crippen LogP) is 5.43. The van der Waals surface area contributed by atoms with Crippen molar-refractivity contribution in [1.29, 1.82) is 0 Å². The second-order valence-electron chi connectivity index (χ2n) is 7.25. The molecular weight excluding hydrogens is 581 g/mol. The molecule has 0 amide bonds. The van der Waals surface area contributed by atoms with Crippen LogP contribution in [-0.4, -0.2) is 53.2 Å². The molecule has 0 aliphatic carbocycles. The lowest BCUT2D eigenvalue weighted by atomic mass is 9.98. The van der Waals surface area contributed by atoms with Gasteiger partial charge in [0.25, 0.3) is 16.5 Å². The number of anilines is 1. The topological polar surface area (TPSA) is 113 Å². The number of hydrogen-bond acceptors (Lipinski definition) is 7. The number of aldehydes is 1. The minimum absolute atomic E-state index is 0.0517. The molecule has 0 aromatic heterocycles. The van der Waals surface area contributed by atoms with Crippen LogP contribution in [0.1, 0.15) is 46.5 Å². The highest BCUT2D eigenvalue weighted by Crippen LogP contribution is 2.28. The Kier molecular flexibility index (Phi) is 23.3. The molecule has 3 rings (SSSR count). The fourth-order valence-electron chi connectivity index (χ4n) is 3.18. The van der Waals surface area contributed by atoms with Crippen LogP contribution in [0.15, 0.2) is 39.6 Å². The molecule has 14 heteroatoms. The Morgan fingerprint density at radius 1 is 1.21 bits per heavy atom. The van der Waals surface area contributed by atoms with Crippen molar-refractivity contribution in [2.45, 2.75) is 46.5 Å². The largest absolute Gasteiger partial charge is 0.471 e. The van der Waals surface area contributed by atoms with Crippen molar-refractivity contribution in [3.8, 4) is 5.18 Å². The molecule has 0 radical (unpaired) electrons. The first-order valence-electron chi connectivity index (χ1n) is 12.0. The highest BCUT2D eigenvalue weighted by atomic mass is 35.5. The summed E-state index contributed by atoms with van der Waals surface area (Å²) in [4.78, 5) is 19.0. The van der Waals surface area contributed by atoms with Crippen molar-refractivity contribution in [2.75, 3.05) is 31.0 Å². The Bertz CT molecular complexity index is 1090. The quantitative estimate of drug-likeness (QED) is 0.393. The van der Waals surface area contributed by atoms with E-state index >= 15 is 0 Å². The van der Waals surface area contributed by atoms with Crippen LogP contribution < -0.4 is 9.62 Å². The number of rotatable bonds is 7. The highest BCUT2D eigenvalue weighted by molar-refractivity contribution is 7.99. The van der Waals surface area contributed by atoms with Crippen LogP contribution >= 0.6 is 22.8 Å². The van der Waals surface area contributed by atoms with Gasteiger partial charge in [0, 0.05) is 19.0 Å². The molecule has 1 saturated heterocycles. The van der Waals surface area contributed by atoms with Gasteiger partial charge in [0.1, 0.15) is 27.2 Å². The summed E-state index contributed by atoms with van der Waals surface area (Å²) in [6.45, 7) is 8.08. The zero-order chi connectivity index (χ0) is 30.3. The number of nitrogens with one attached hydrogen (secondary N) is 1. The molecule has 2 aliphatic rings. The molecule has 0 spiro atoms. The molecule has 1 atom stereocenters. The molecule has 1 unspecified atom stereocenters. The van der Waals surface area contributed by atoms with E-state index in [9.17, 15) is 22.0 Å². The van der Waals surface area contributed by atoms with Crippen molar-refractivity contribution in [3.63, 3.8) is 0 Å². The molecule has 1 aromatic carbocycles. The summed E-state index contributed by atoms with van der Waals surface area (Å²) in [5.74, 6) is -0.880. The Hall–Kier alpha value is -2.41. The third-order valence-electron chi connectivity index (χ3n) is 4.87. The van der Waals surface area contributed by atoms with Crippen LogP contribution in [0.2, 0.25) is 0 Å². The lowest BCUT2D eigenvalue weighted by Crippen LogP contribution is -2.32. The van der Waals surface area contributed by atoms with Gasteiger partial charge in [-0.25, -0.2) is 22.5 Å². The van der Waals surface area contributed by atoms with Crippen LogP contribution in [0.3, 0.4) is 0 Å². The normalized spacial score (nSPS) is 15.6. The van der Waals surface area contributed by atoms with Crippen molar-refractivity contribution >= 4 is 51.2 Å². The maximum atomic E-state index is 13.8. The number of benzene rings is 1. The summed E-state index contributed by atoms with van der Waals surface area (Å²) in [5, 5.41) is 11.4. The number of halogens is 4. The predicted molar refractivity (Wildman–Crippen MR) is 150 cm³/mol. The zero-order valence-corrected chi connectivity index (χ0v) is 24.7. The van der Waals surface area contributed by atoms with E-state index in [1.165, 1.54) is 45.4 Å². The number of allylic oxidation sites excluding steroid dienone is 3. The third kappa shape index (κ3) is 15.1.